The molecule has 1 saturated heterocycles. The van der Waals surface area contributed by atoms with Crippen LogP contribution in [0.2, 0.25) is 0 Å². The van der Waals surface area contributed by atoms with Crippen molar-refractivity contribution >= 4 is 38.7 Å². The number of sulfone groups is 1. The third-order valence-corrected chi connectivity index (χ3v) is 11.0. The van der Waals surface area contributed by atoms with E-state index in [-0.39, 0.29) is 16.4 Å². The normalized spacial score (nSPS) is 18.5. The highest BCUT2D eigenvalue weighted by atomic mass is 32.2. The van der Waals surface area contributed by atoms with Crippen LogP contribution < -0.4 is 15.5 Å². The molecular weight excluding hydrogens is 550 g/mol. The van der Waals surface area contributed by atoms with Crippen molar-refractivity contribution in [2.24, 2.45) is 0 Å². The van der Waals surface area contributed by atoms with Crippen LogP contribution in [0, 0.1) is 6.92 Å². The number of carbonyl (C=O) groups excluding carboxylic acids is 1. The van der Waals surface area contributed by atoms with Gasteiger partial charge in [-0.2, -0.15) is 0 Å². The Kier molecular flexibility index (Phi) is 8.09. The monoisotopic (exact) mass is 585 g/mol. The van der Waals surface area contributed by atoms with E-state index in [1.54, 1.807) is 24.4 Å². The van der Waals surface area contributed by atoms with E-state index < -0.39 is 14.6 Å². The van der Waals surface area contributed by atoms with Gasteiger partial charge in [-0.05, 0) is 65.0 Å². The highest BCUT2D eigenvalue weighted by Crippen LogP contribution is 2.55. The van der Waals surface area contributed by atoms with Crippen molar-refractivity contribution in [1.82, 2.24) is 25.2 Å². The highest BCUT2D eigenvalue weighted by molar-refractivity contribution is 7.94. The maximum Gasteiger partial charge on any atom is 0.319 e. The predicted octanol–water partition coefficient (Wildman–Crippen LogP) is 3.28. The Morgan fingerprint density at radius 1 is 1.20 bits per heavy atom. The number of likely N-dealkylation sites (N-methyl/N-ethyl adjacent to an activating group) is 1. The van der Waals surface area contributed by atoms with Crippen molar-refractivity contribution in [3.63, 3.8) is 0 Å². The van der Waals surface area contributed by atoms with Crippen LogP contribution in [-0.2, 0) is 19.3 Å². The number of hydrogen-bond acceptors (Lipinski definition) is 10. The zero-order valence-electron chi connectivity index (χ0n) is 23.2. The van der Waals surface area contributed by atoms with Gasteiger partial charge in [0.1, 0.15) is 10.6 Å². The standard InChI is InChI=1S/C27H35N7O4S2/c1-18-17-39-26(29-18)40(36,37)27(9-10-27)22-15-23(34-13-14-38-16-19(34)2)32-24(31-22)20-5-7-21(8-6-20)30-25(35)28-11-12-33(3)4/h5-8,15,17,19H,9-14,16H2,1-4H3,(H2,28,30,35)/t19-/m0/s1. The van der Waals surface area contributed by atoms with Crippen molar-refractivity contribution in [3.05, 3.63) is 47.1 Å². The number of carbonyl (C=O) groups is 1. The first-order chi connectivity index (χ1) is 19.1. The van der Waals surface area contributed by atoms with Gasteiger partial charge in [-0.15, -0.1) is 11.3 Å². The molecule has 1 saturated carbocycles. The van der Waals surface area contributed by atoms with Crippen LogP contribution in [0.15, 0.2) is 40.1 Å². The Morgan fingerprint density at radius 3 is 2.58 bits per heavy atom. The first-order valence-corrected chi connectivity index (χ1v) is 15.7. The maximum absolute atomic E-state index is 13.8. The van der Waals surface area contributed by atoms with Gasteiger partial charge in [0.15, 0.2) is 5.82 Å². The number of urea groups is 1. The van der Waals surface area contributed by atoms with E-state index in [0.29, 0.717) is 67.9 Å². The Labute approximate surface area is 238 Å². The van der Waals surface area contributed by atoms with E-state index in [0.717, 1.165) is 23.4 Å². The lowest BCUT2D eigenvalue weighted by Crippen LogP contribution is -2.44. The number of nitrogens with zero attached hydrogens (tertiary/aromatic N) is 5. The van der Waals surface area contributed by atoms with Crippen molar-refractivity contribution in [1.29, 1.82) is 0 Å². The number of aromatic nitrogens is 3. The Hall–Kier alpha value is -3.13. The molecule has 1 aliphatic carbocycles. The topological polar surface area (TPSA) is 130 Å². The van der Waals surface area contributed by atoms with Gasteiger partial charge in [0.05, 0.1) is 24.9 Å². The van der Waals surface area contributed by atoms with Gasteiger partial charge in [0, 0.05) is 48.0 Å². The van der Waals surface area contributed by atoms with Crippen LogP contribution in [0.25, 0.3) is 11.4 Å². The number of thiazole rings is 1. The van der Waals surface area contributed by atoms with E-state index in [2.05, 4.69) is 27.4 Å². The number of ether oxygens (including phenoxy) is 1. The summed E-state index contributed by atoms with van der Waals surface area (Å²) in [6, 6.07) is 8.86. The van der Waals surface area contributed by atoms with E-state index in [9.17, 15) is 13.2 Å². The summed E-state index contributed by atoms with van der Waals surface area (Å²) in [6.45, 7) is 6.91. The van der Waals surface area contributed by atoms with Gasteiger partial charge in [-0.25, -0.2) is 28.2 Å². The fourth-order valence-electron chi connectivity index (χ4n) is 4.68. The van der Waals surface area contributed by atoms with Gasteiger partial charge in [-0.3, -0.25) is 0 Å². The number of amides is 2. The quantitative estimate of drug-likeness (QED) is 0.389. The van der Waals surface area contributed by atoms with Crippen LogP contribution in [0.3, 0.4) is 0 Å². The number of benzene rings is 1. The van der Waals surface area contributed by atoms with Crippen LogP contribution in [-0.4, -0.2) is 87.3 Å². The summed E-state index contributed by atoms with van der Waals surface area (Å²) < 4.78 is 32.2. The lowest BCUT2D eigenvalue weighted by Gasteiger charge is -2.34. The Balaban J connectivity index is 1.47. The van der Waals surface area contributed by atoms with Gasteiger partial charge < -0.3 is 25.2 Å². The van der Waals surface area contributed by atoms with Crippen molar-refractivity contribution < 1.29 is 17.9 Å². The summed E-state index contributed by atoms with van der Waals surface area (Å²) >= 11 is 1.15. The summed E-state index contributed by atoms with van der Waals surface area (Å²) in [5.41, 5.74) is 2.53. The summed E-state index contributed by atoms with van der Waals surface area (Å²) in [7, 11) is 0.154. The largest absolute Gasteiger partial charge is 0.377 e. The third-order valence-electron chi connectivity index (χ3n) is 7.13. The SMILES string of the molecule is Cc1csc(S(=O)(=O)C2(c3cc(N4CCOC[C@@H]4C)nc(-c4ccc(NC(=O)NCCN(C)C)cc4)n3)CC2)n1. The van der Waals surface area contributed by atoms with Crippen LogP contribution in [0.5, 0.6) is 0 Å². The van der Waals surface area contributed by atoms with Crippen LogP contribution in [0.1, 0.15) is 31.2 Å². The predicted molar refractivity (Wildman–Crippen MR) is 156 cm³/mol. The highest BCUT2D eigenvalue weighted by Gasteiger charge is 2.59. The van der Waals surface area contributed by atoms with Gasteiger partial charge in [-0.1, -0.05) is 0 Å². The molecule has 3 aromatic rings. The Bertz CT molecular complexity index is 1470. The second-order valence-corrected chi connectivity index (χ2v) is 13.9. The molecule has 2 fully saturated rings. The molecule has 1 aromatic carbocycles. The van der Waals surface area contributed by atoms with E-state index in [1.807, 2.05) is 37.2 Å². The van der Waals surface area contributed by atoms with Gasteiger partial charge in [0.2, 0.25) is 14.2 Å². The number of nitrogens with one attached hydrogen (secondary N) is 2. The molecule has 2 aromatic heterocycles. The smallest absolute Gasteiger partial charge is 0.319 e. The molecule has 214 valence electrons. The molecule has 5 rings (SSSR count). The molecule has 2 amide bonds. The molecular formula is C27H35N7O4S2. The molecule has 0 unspecified atom stereocenters. The average molecular weight is 586 g/mol. The molecule has 1 atom stereocenters. The molecule has 0 spiro atoms. The molecule has 2 aliphatic rings. The van der Waals surface area contributed by atoms with E-state index in [4.69, 9.17) is 14.7 Å². The minimum Gasteiger partial charge on any atom is -0.377 e. The minimum absolute atomic E-state index is 0.0790. The summed E-state index contributed by atoms with van der Waals surface area (Å²) in [5.74, 6) is 1.11. The van der Waals surface area contributed by atoms with Crippen molar-refractivity contribution in [2.75, 3.05) is 57.2 Å². The molecule has 40 heavy (non-hydrogen) atoms. The molecule has 1 aliphatic heterocycles. The molecule has 0 radical (unpaired) electrons. The second-order valence-electron chi connectivity index (χ2n) is 10.6. The number of anilines is 2. The maximum atomic E-state index is 13.8. The lowest BCUT2D eigenvalue weighted by atomic mass is 10.1. The summed E-state index contributed by atoms with van der Waals surface area (Å²) in [5, 5.41) is 7.41. The summed E-state index contributed by atoms with van der Waals surface area (Å²) in [6.07, 6.45) is 0.961. The number of morpholine rings is 1. The second kappa shape index (κ2) is 11.4. The average Bonchev–Trinajstić information content (AvgIpc) is 3.64. The number of hydrogen-bond donors (Lipinski definition) is 2. The molecule has 11 nitrogen and oxygen atoms in total. The lowest BCUT2D eigenvalue weighted by molar-refractivity contribution is 0.0985. The first kappa shape index (κ1) is 28.4. The zero-order valence-corrected chi connectivity index (χ0v) is 24.8. The minimum atomic E-state index is -3.74. The number of rotatable bonds is 9. The molecule has 0 bridgehead atoms. The van der Waals surface area contributed by atoms with Gasteiger partial charge >= 0.3 is 6.03 Å². The fraction of sp³-hybridized carbons (Fsp3) is 0.481. The Morgan fingerprint density at radius 2 is 1.95 bits per heavy atom. The first-order valence-electron chi connectivity index (χ1n) is 13.3. The molecule has 3 heterocycles. The van der Waals surface area contributed by atoms with Gasteiger partial charge in [0.25, 0.3) is 0 Å². The third kappa shape index (κ3) is 5.82. The zero-order chi connectivity index (χ0) is 28.5. The van der Waals surface area contributed by atoms with Crippen LogP contribution >= 0.6 is 11.3 Å². The van der Waals surface area contributed by atoms with Crippen molar-refractivity contribution in [3.8, 4) is 11.4 Å². The molecule has 2 N–H and O–H groups in total. The molecule has 13 heteroatoms. The number of aryl methyl sites for hydroxylation is 1. The van der Waals surface area contributed by atoms with Crippen LogP contribution in [0.4, 0.5) is 16.3 Å². The fourth-order valence-corrected chi connectivity index (χ4v) is 7.95. The van der Waals surface area contributed by atoms with E-state index in [1.165, 1.54) is 0 Å². The summed E-state index contributed by atoms with van der Waals surface area (Å²) in [4.78, 5) is 30.4. The van der Waals surface area contributed by atoms with E-state index >= 15 is 0 Å². The van der Waals surface area contributed by atoms with Crippen molar-refractivity contribution in [2.45, 2.75) is 41.8 Å².